The Labute approximate surface area is 65.4 Å². The number of aliphatic carboxylic acids is 1. The minimum absolute atomic E-state index is 0.334. The molecule has 4 heteroatoms. The van der Waals surface area contributed by atoms with E-state index < -0.39 is 5.97 Å². The van der Waals surface area contributed by atoms with Crippen LogP contribution in [0, 0.1) is 0 Å². The first-order valence-electron chi connectivity index (χ1n) is 2.94. The number of hydrogen-bond acceptors (Lipinski definition) is 3. The molecule has 0 aliphatic rings. The van der Waals surface area contributed by atoms with Crippen molar-refractivity contribution in [2.24, 2.45) is 0 Å². The molecule has 0 radical (unpaired) electrons. The number of carboxylic acid groups (broad SMARTS) is 1. The second kappa shape index (κ2) is 11.6. The average Bonchev–Trinajstić information content (AvgIpc) is 1.82. The number of carboxylic acids is 1. The Kier molecular flexibility index (Phi) is 14.4. The number of aliphatic hydroxyl groups is 1. The van der Waals surface area contributed by atoms with Crippen LogP contribution in [-0.4, -0.2) is 34.8 Å². The van der Waals surface area contributed by atoms with Crippen LogP contribution in [0.5, 0.6) is 0 Å². The molecule has 0 saturated heterocycles. The summed E-state index contributed by atoms with van der Waals surface area (Å²) in [5, 5.41) is 15.6. The van der Waals surface area contributed by atoms with Crippen LogP contribution in [0.4, 0.5) is 0 Å². The average molecular weight is 166 g/mol. The summed E-state index contributed by atoms with van der Waals surface area (Å²) in [5.74, 6) is 0.247. The summed E-state index contributed by atoms with van der Waals surface area (Å²) >= 11 is 1.77. The molecule has 0 unspecified atom stereocenters. The molecule has 10 heavy (non-hydrogen) atoms. The third kappa shape index (κ3) is 46.3. The van der Waals surface area contributed by atoms with E-state index in [0.717, 1.165) is 19.1 Å². The molecule has 0 spiro atoms. The molecule has 0 saturated carbocycles. The van der Waals surface area contributed by atoms with Crippen LogP contribution < -0.4 is 0 Å². The molecular formula is C6H14O3S. The van der Waals surface area contributed by atoms with Gasteiger partial charge in [0.05, 0.1) is 0 Å². The number of carbonyl (C=O) groups is 1. The monoisotopic (exact) mass is 166 g/mol. The van der Waals surface area contributed by atoms with E-state index in [1.165, 1.54) is 0 Å². The van der Waals surface area contributed by atoms with Crippen molar-refractivity contribution >= 4 is 17.7 Å². The van der Waals surface area contributed by atoms with Crippen LogP contribution in [-0.2, 0) is 4.79 Å². The highest BCUT2D eigenvalue weighted by Gasteiger charge is 1.76. The first kappa shape index (κ1) is 12.5. The van der Waals surface area contributed by atoms with E-state index in [1.54, 1.807) is 11.8 Å². The number of hydrogen-bond donors (Lipinski definition) is 2. The summed E-state index contributed by atoms with van der Waals surface area (Å²) < 4.78 is 0. The topological polar surface area (TPSA) is 57.5 Å². The molecule has 62 valence electrons. The standard InChI is InChI=1S/C4H10OS.C2H4O2/c1-6-4-2-3-5;1-2(3)4/h5H,2-4H2,1H3;1H3,(H,3,4). The van der Waals surface area contributed by atoms with Gasteiger partial charge in [-0.3, -0.25) is 4.79 Å². The van der Waals surface area contributed by atoms with Crippen LogP contribution in [0.3, 0.4) is 0 Å². The molecule has 0 heterocycles. The zero-order chi connectivity index (χ0) is 8.41. The van der Waals surface area contributed by atoms with Crippen molar-refractivity contribution in [3.63, 3.8) is 0 Å². The third-order valence-electron chi connectivity index (χ3n) is 0.507. The van der Waals surface area contributed by atoms with Gasteiger partial charge in [0, 0.05) is 13.5 Å². The van der Waals surface area contributed by atoms with E-state index in [1.807, 2.05) is 6.26 Å². The summed E-state index contributed by atoms with van der Waals surface area (Å²) in [6.07, 6.45) is 2.97. The maximum absolute atomic E-state index is 9.00. The maximum atomic E-state index is 9.00. The van der Waals surface area contributed by atoms with Crippen molar-refractivity contribution in [3.05, 3.63) is 0 Å². The van der Waals surface area contributed by atoms with Gasteiger partial charge in [0.2, 0.25) is 0 Å². The van der Waals surface area contributed by atoms with E-state index in [0.29, 0.717) is 6.61 Å². The van der Waals surface area contributed by atoms with Crippen LogP contribution in [0.25, 0.3) is 0 Å². The fraction of sp³-hybridized carbons (Fsp3) is 0.833. The first-order chi connectivity index (χ1) is 4.65. The largest absolute Gasteiger partial charge is 0.481 e. The molecule has 0 fully saturated rings. The Bertz CT molecular complexity index is 67.4. The Morgan fingerprint density at radius 3 is 2.10 bits per heavy atom. The molecule has 0 aromatic heterocycles. The molecule has 0 aromatic rings. The predicted molar refractivity (Wildman–Crippen MR) is 43.4 cm³/mol. The van der Waals surface area contributed by atoms with Crippen LogP contribution in [0.1, 0.15) is 13.3 Å². The van der Waals surface area contributed by atoms with Gasteiger partial charge in [0.1, 0.15) is 0 Å². The van der Waals surface area contributed by atoms with Crippen molar-refractivity contribution in [2.45, 2.75) is 13.3 Å². The lowest BCUT2D eigenvalue weighted by molar-refractivity contribution is -0.134. The lowest BCUT2D eigenvalue weighted by atomic mass is 10.5. The summed E-state index contributed by atoms with van der Waals surface area (Å²) in [6.45, 7) is 1.42. The molecule has 0 aromatic carbocycles. The highest BCUT2D eigenvalue weighted by atomic mass is 32.2. The molecule has 0 amide bonds. The van der Waals surface area contributed by atoms with Crippen molar-refractivity contribution in [1.82, 2.24) is 0 Å². The Morgan fingerprint density at radius 2 is 2.00 bits per heavy atom. The number of thioether (sulfide) groups is 1. The molecule has 0 aliphatic carbocycles. The van der Waals surface area contributed by atoms with Crippen molar-refractivity contribution < 1.29 is 15.0 Å². The smallest absolute Gasteiger partial charge is 0.300 e. The van der Waals surface area contributed by atoms with Crippen LogP contribution in [0.15, 0.2) is 0 Å². The molecule has 0 bridgehead atoms. The second-order valence-corrected chi connectivity index (χ2v) is 2.57. The molecule has 0 rings (SSSR count). The lowest BCUT2D eigenvalue weighted by Gasteiger charge is -1.86. The minimum Gasteiger partial charge on any atom is -0.481 e. The van der Waals surface area contributed by atoms with Crippen molar-refractivity contribution in [1.29, 1.82) is 0 Å². The SMILES string of the molecule is CC(=O)O.CSCCCO. The lowest BCUT2D eigenvalue weighted by Crippen LogP contribution is -1.82. The second-order valence-electron chi connectivity index (χ2n) is 1.59. The summed E-state index contributed by atoms with van der Waals surface area (Å²) in [6, 6.07) is 0. The highest BCUT2D eigenvalue weighted by Crippen LogP contribution is 1.92. The van der Waals surface area contributed by atoms with Gasteiger partial charge in [-0.2, -0.15) is 11.8 Å². The van der Waals surface area contributed by atoms with Gasteiger partial charge in [-0.15, -0.1) is 0 Å². The quantitative estimate of drug-likeness (QED) is 0.609. The van der Waals surface area contributed by atoms with Crippen molar-refractivity contribution in [3.8, 4) is 0 Å². The molecule has 0 atom stereocenters. The molecule has 2 N–H and O–H groups in total. The fourth-order valence-corrected chi connectivity index (χ4v) is 0.627. The van der Waals surface area contributed by atoms with E-state index in [4.69, 9.17) is 15.0 Å². The van der Waals surface area contributed by atoms with E-state index in [2.05, 4.69) is 0 Å². The predicted octanol–water partition coefficient (Wildman–Crippen LogP) is 0.823. The van der Waals surface area contributed by atoms with E-state index in [9.17, 15) is 0 Å². The fourth-order valence-electron chi connectivity index (χ4n) is 0.209. The number of rotatable bonds is 3. The van der Waals surface area contributed by atoms with E-state index in [-0.39, 0.29) is 0 Å². The van der Waals surface area contributed by atoms with Gasteiger partial charge >= 0.3 is 0 Å². The van der Waals surface area contributed by atoms with E-state index >= 15 is 0 Å². The molecular weight excluding hydrogens is 152 g/mol. The van der Waals surface area contributed by atoms with Gasteiger partial charge in [0.15, 0.2) is 0 Å². The molecule has 3 nitrogen and oxygen atoms in total. The normalized spacial score (nSPS) is 7.90. The maximum Gasteiger partial charge on any atom is 0.300 e. The van der Waals surface area contributed by atoms with Gasteiger partial charge in [0.25, 0.3) is 5.97 Å². The van der Waals surface area contributed by atoms with Crippen LogP contribution >= 0.6 is 11.8 Å². The van der Waals surface area contributed by atoms with Gasteiger partial charge < -0.3 is 10.2 Å². The zero-order valence-electron chi connectivity index (χ0n) is 6.33. The molecule has 0 aliphatic heterocycles. The minimum atomic E-state index is -0.833. The Balaban J connectivity index is 0. The summed E-state index contributed by atoms with van der Waals surface area (Å²) in [5.41, 5.74) is 0. The summed E-state index contributed by atoms with van der Waals surface area (Å²) in [7, 11) is 0. The Hall–Kier alpha value is -0.220. The van der Waals surface area contributed by atoms with Crippen LogP contribution in [0.2, 0.25) is 0 Å². The summed E-state index contributed by atoms with van der Waals surface area (Å²) in [4.78, 5) is 9.00. The third-order valence-corrected chi connectivity index (χ3v) is 1.20. The number of aliphatic hydroxyl groups excluding tert-OH is 1. The van der Waals surface area contributed by atoms with Gasteiger partial charge in [-0.25, -0.2) is 0 Å². The first-order valence-corrected chi connectivity index (χ1v) is 4.33. The van der Waals surface area contributed by atoms with Gasteiger partial charge in [-0.1, -0.05) is 0 Å². The van der Waals surface area contributed by atoms with Gasteiger partial charge in [-0.05, 0) is 18.4 Å². The zero-order valence-corrected chi connectivity index (χ0v) is 7.15. The van der Waals surface area contributed by atoms with Crippen molar-refractivity contribution in [2.75, 3.05) is 18.6 Å². The highest BCUT2D eigenvalue weighted by molar-refractivity contribution is 7.98. The Morgan fingerprint density at radius 1 is 1.60 bits per heavy atom.